The molecule has 1 aromatic heterocycles. The lowest BCUT2D eigenvalue weighted by Gasteiger charge is -2.40. The van der Waals surface area contributed by atoms with E-state index in [0.29, 0.717) is 12.6 Å². The molecular formula is C26H34N4O2S. The fourth-order valence-electron chi connectivity index (χ4n) is 5.71. The summed E-state index contributed by atoms with van der Waals surface area (Å²) < 4.78 is 5.66. The van der Waals surface area contributed by atoms with Crippen molar-refractivity contribution < 1.29 is 9.53 Å². The number of aliphatic imine (C=N–C) groups is 1. The molecular weight excluding hydrogens is 432 g/mol. The number of fused-ring (bicyclic) bond motifs is 1. The summed E-state index contributed by atoms with van der Waals surface area (Å²) in [5.41, 5.74) is 10.6. The third-order valence-electron chi connectivity index (χ3n) is 7.90. The minimum atomic E-state index is -0.0232. The van der Waals surface area contributed by atoms with Gasteiger partial charge in [-0.05, 0) is 67.6 Å². The molecule has 1 atom stereocenters. The second-order valence-electron chi connectivity index (χ2n) is 10.0. The highest BCUT2D eigenvalue weighted by atomic mass is 32.1. The summed E-state index contributed by atoms with van der Waals surface area (Å²) in [7, 11) is 1.81. The average molecular weight is 467 g/mol. The van der Waals surface area contributed by atoms with Crippen molar-refractivity contribution in [2.24, 2.45) is 22.1 Å². The van der Waals surface area contributed by atoms with Gasteiger partial charge >= 0.3 is 0 Å². The summed E-state index contributed by atoms with van der Waals surface area (Å²) in [6, 6.07) is 6.98. The number of carbonyl (C=O) groups excluding carboxylic acids is 1. The van der Waals surface area contributed by atoms with E-state index in [2.05, 4.69) is 23.2 Å². The van der Waals surface area contributed by atoms with Crippen LogP contribution in [0, 0.1) is 11.3 Å². The lowest BCUT2D eigenvalue weighted by atomic mass is 9.68. The first-order chi connectivity index (χ1) is 16.1. The van der Waals surface area contributed by atoms with Crippen LogP contribution in [0.3, 0.4) is 0 Å². The van der Waals surface area contributed by atoms with Crippen LogP contribution in [0.2, 0.25) is 0 Å². The molecule has 7 heteroatoms. The number of benzene rings is 1. The summed E-state index contributed by atoms with van der Waals surface area (Å²) in [6.07, 6.45) is 13.3. The predicted molar refractivity (Wildman–Crippen MR) is 131 cm³/mol. The van der Waals surface area contributed by atoms with Gasteiger partial charge in [-0.1, -0.05) is 31.0 Å². The molecule has 3 aliphatic carbocycles. The second kappa shape index (κ2) is 9.55. The van der Waals surface area contributed by atoms with Gasteiger partial charge in [-0.2, -0.15) is 0 Å². The number of carbonyl (C=O) groups is 1. The standard InChI is InChI=1S/C26H34N4O2S/c1-32-21-8-10-26(11-9-21)15-20-7-6-19(5-4-18-2-3-18)14-22(20)24(26)29-25(27)30(17-31)16-23-28-12-13-33-23/h6-7,12-14,17-18,21,24H,2-5,8-11,15-16H2,1H3,(H2,27,29). The molecule has 176 valence electrons. The normalized spacial score (nSPS) is 27.0. The number of guanidine groups is 1. The molecule has 33 heavy (non-hydrogen) atoms. The largest absolute Gasteiger partial charge is 0.381 e. The molecule has 1 spiro atoms. The van der Waals surface area contributed by atoms with E-state index in [-0.39, 0.29) is 17.4 Å². The number of aryl methyl sites for hydroxylation is 1. The minimum Gasteiger partial charge on any atom is -0.381 e. The Morgan fingerprint density at radius 3 is 2.82 bits per heavy atom. The maximum atomic E-state index is 11.9. The minimum absolute atomic E-state index is 0.0232. The van der Waals surface area contributed by atoms with Gasteiger partial charge in [0.05, 0.1) is 18.7 Å². The molecule has 0 saturated heterocycles. The Labute approximate surface area is 200 Å². The van der Waals surface area contributed by atoms with E-state index in [1.54, 1.807) is 6.20 Å². The second-order valence-corrected chi connectivity index (χ2v) is 11.0. The third-order valence-corrected chi connectivity index (χ3v) is 8.66. The van der Waals surface area contributed by atoms with Gasteiger partial charge < -0.3 is 10.5 Å². The molecule has 2 saturated carbocycles. The smallest absolute Gasteiger partial charge is 0.216 e. The summed E-state index contributed by atoms with van der Waals surface area (Å²) in [6.45, 7) is 0.357. The summed E-state index contributed by atoms with van der Waals surface area (Å²) >= 11 is 1.52. The molecule has 3 aliphatic rings. The zero-order valence-corrected chi connectivity index (χ0v) is 20.2. The van der Waals surface area contributed by atoms with E-state index in [4.69, 9.17) is 15.5 Å². The van der Waals surface area contributed by atoms with E-state index in [1.807, 2.05) is 12.5 Å². The van der Waals surface area contributed by atoms with Crippen LogP contribution in [0.4, 0.5) is 0 Å². The first-order valence-corrected chi connectivity index (χ1v) is 13.1. The molecule has 0 radical (unpaired) electrons. The lowest BCUT2D eigenvalue weighted by molar-refractivity contribution is -0.115. The molecule has 1 unspecified atom stereocenters. The van der Waals surface area contributed by atoms with Crippen LogP contribution >= 0.6 is 11.3 Å². The van der Waals surface area contributed by atoms with Crippen LogP contribution in [0.15, 0.2) is 34.8 Å². The maximum Gasteiger partial charge on any atom is 0.216 e. The van der Waals surface area contributed by atoms with Gasteiger partial charge in [0.15, 0.2) is 5.96 Å². The van der Waals surface area contributed by atoms with Crippen LogP contribution in [-0.4, -0.2) is 35.5 Å². The van der Waals surface area contributed by atoms with Crippen LogP contribution in [0.5, 0.6) is 0 Å². The summed E-state index contributed by atoms with van der Waals surface area (Å²) in [4.78, 5) is 22.7. The van der Waals surface area contributed by atoms with E-state index in [9.17, 15) is 4.79 Å². The van der Waals surface area contributed by atoms with Gasteiger partial charge in [-0.25, -0.2) is 9.98 Å². The zero-order chi connectivity index (χ0) is 22.8. The first kappa shape index (κ1) is 22.5. The monoisotopic (exact) mass is 466 g/mol. The number of hydrogen-bond donors (Lipinski definition) is 1. The van der Waals surface area contributed by atoms with Crippen LogP contribution in [0.1, 0.15) is 72.7 Å². The van der Waals surface area contributed by atoms with Gasteiger partial charge in [-0.3, -0.25) is 9.69 Å². The van der Waals surface area contributed by atoms with E-state index >= 15 is 0 Å². The first-order valence-electron chi connectivity index (χ1n) is 12.2. The van der Waals surface area contributed by atoms with Crippen molar-refractivity contribution >= 4 is 23.7 Å². The van der Waals surface area contributed by atoms with Crippen LogP contribution < -0.4 is 5.73 Å². The van der Waals surface area contributed by atoms with E-state index in [1.165, 1.54) is 52.2 Å². The molecule has 1 heterocycles. The van der Waals surface area contributed by atoms with Gasteiger partial charge in [0.2, 0.25) is 6.41 Å². The van der Waals surface area contributed by atoms with Crippen molar-refractivity contribution in [1.29, 1.82) is 0 Å². The number of aromatic nitrogens is 1. The Balaban J connectivity index is 1.44. The molecule has 2 N–H and O–H groups in total. The van der Waals surface area contributed by atoms with Crippen molar-refractivity contribution in [3.63, 3.8) is 0 Å². The highest BCUT2D eigenvalue weighted by molar-refractivity contribution is 7.09. The van der Waals surface area contributed by atoms with Gasteiger partial charge in [0.25, 0.3) is 0 Å². The van der Waals surface area contributed by atoms with Crippen molar-refractivity contribution in [1.82, 2.24) is 9.88 Å². The molecule has 5 rings (SSSR count). The lowest BCUT2D eigenvalue weighted by Crippen LogP contribution is -2.39. The topological polar surface area (TPSA) is 80.8 Å². The number of nitrogens with zero attached hydrogens (tertiary/aromatic N) is 3. The average Bonchev–Trinajstić information content (AvgIpc) is 3.44. The Hall–Kier alpha value is -2.25. The number of hydrogen-bond acceptors (Lipinski definition) is 5. The number of amides is 1. The quantitative estimate of drug-likeness (QED) is 0.349. The Bertz CT molecular complexity index is 994. The third kappa shape index (κ3) is 4.85. The summed E-state index contributed by atoms with van der Waals surface area (Å²) in [5, 5.41) is 2.76. The van der Waals surface area contributed by atoms with Gasteiger partial charge in [0, 0.05) is 24.1 Å². The molecule has 1 aromatic carbocycles. The van der Waals surface area contributed by atoms with E-state index in [0.717, 1.165) is 55.9 Å². The zero-order valence-electron chi connectivity index (χ0n) is 19.4. The SMILES string of the molecule is COC1CCC2(CC1)Cc1ccc(CCC3CC3)cc1C2N=C(N)N(C=O)Cc1nccs1. The molecule has 1 amide bonds. The Morgan fingerprint density at radius 1 is 1.33 bits per heavy atom. The van der Waals surface area contributed by atoms with Crippen molar-refractivity contribution in [2.75, 3.05) is 7.11 Å². The Morgan fingerprint density at radius 2 is 2.15 bits per heavy atom. The number of thiazole rings is 1. The van der Waals surface area contributed by atoms with E-state index < -0.39 is 0 Å². The molecule has 6 nitrogen and oxygen atoms in total. The molecule has 2 aromatic rings. The maximum absolute atomic E-state index is 11.9. The Kier molecular flexibility index (Phi) is 6.52. The van der Waals surface area contributed by atoms with Gasteiger partial charge in [-0.15, -0.1) is 11.3 Å². The van der Waals surface area contributed by atoms with Crippen molar-refractivity contribution in [3.8, 4) is 0 Å². The van der Waals surface area contributed by atoms with Gasteiger partial charge in [0.1, 0.15) is 5.01 Å². The van der Waals surface area contributed by atoms with Crippen molar-refractivity contribution in [2.45, 2.75) is 76.5 Å². The number of methoxy groups -OCH3 is 1. The highest BCUT2D eigenvalue weighted by Gasteiger charge is 2.48. The number of nitrogens with two attached hydrogens (primary N) is 1. The fourth-order valence-corrected chi connectivity index (χ4v) is 6.33. The van der Waals surface area contributed by atoms with Crippen LogP contribution in [0.25, 0.3) is 0 Å². The summed E-state index contributed by atoms with van der Waals surface area (Å²) in [5.74, 6) is 1.21. The molecule has 0 bridgehead atoms. The molecule has 2 fully saturated rings. The van der Waals surface area contributed by atoms with Crippen LogP contribution in [-0.2, 0) is 28.9 Å². The predicted octanol–water partition coefficient (Wildman–Crippen LogP) is 4.63. The fraction of sp³-hybridized carbons (Fsp3) is 0.577. The number of ether oxygens (including phenoxy) is 1. The highest BCUT2D eigenvalue weighted by Crippen LogP contribution is 2.56. The van der Waals surface area contributed by atoms with Crippen molar-refractivity contribution in [3.05, 3.63) is 51.5 Å². The number of rotatable bonds is 8. The molecule has 0 aliphatic heterocycles.